The van der Waals surface area contributed by atoms with Gasteiger partial charge in [0, 0.05) is 6.08 Å². The van der Waals surface area contributed by atoms with Crippen molar-refractivity contribution in [2.24, 2.45) is 0 Å². The highest BCUT2D eigenvalue weighted by Gasteiger charge is 2.13. The van der Waals surface area contributed by atoms with Crippen LogP contribution in [0.1, 0.15) is 31.9 Å². The van der Waals surface area contributed by atoms with Gasteiger partial charge in [0.25, 0.3) is 0 Å². The summed E-state index contributed by atoms with van der Waals surface area (Å²) in [5, 5.41) is 9.22. The molecule has 0 atom stereocenters. The molecule has 8 heteroatoms. The molecule has 0 aliphatic carbocycles. The maximum atomic E-state index is 12.4. The Morgan fingerprint density at radius 2 is 1.53 bits per heavy atom. The molecule has 2 rings (SSSR count). The maximum absolute atomic E-state index is 12.4. The summed E-state index contributed by atoms with van der Waals surface area (Å²) in [7, 11) is 1.54. The first kappa shape index (κ1) is 26.0. The molecule has 0 saturated carbocycles. The van der Waals surface area contributed by atoms with Crippen LogP contribution in [0.2, 0.25) is 0 Å². The Kier molecular flexibility index (Phi) is 10.2. The smallest absolute Gasteiger partial charge is 0.348 e. The second-order valence-corrected chi connectivity index (χ2v) is 6.63. The Bertz CT molecular complexity index is 1110. The molecule has 0 spiro atoms. The zero-order valence-electron chi connectivity index (χ0n) is 19.6. The molecule has 178 valence electrons. The Labute approximate surface area is 199 Å². The second-order valence-electron chi connectivity index (χ2n) is 6.63. The lowest BCUT2D eigenvalue weighted by molar-refractivity contribution is -0.138. The summed E-state index contributed by atoms with van der Waals surface area (Å²) in [6.07, 6.45) is 4.26. The molecule has 0 unspecified atom stereocenters. The van der Waals surface area contributed by atoms with Crippen LogP contribution >= 0.6 is 0 Å². The minimum atomic E-state index is -0.713. The number of nitriles is 1. The van der Waals surface area contributed by atoms with Crippen LogP contribution in [0.15, 0.2) is 48.0 Å². The Hall–Kier alpha value is -4.25. The summed E-state index contributed by atoms with van der Waals surface area (Å²) in [5.41, 5.74) is 1.10. The number of methoxy groups -OCH3 is 1. The number of hydrogen-bond acceptors (Lipinski definition) is 8. The fourth-order valence-corrected chi connectivity index (χ4v) is 2.85. The van der Waals surface area contributed by atoms with Gasteiger partial charge in [0.15, 0.2) is 23.0 Å². The van der Waals surface area contributed by atoms with Gasteiger partial charge < -0.3 is 23.7 Å². The van der Waals surface area contributed by atoms with Gasteiger partial charge in [-0.2, -0.15) is 5.26 Å². The van der Waals surface area contributed by atoms with Crippen LogP contribution in [-0.2, 0) is 14.3 Å². The topological polar surface area (TPSA) is 104 Å². The molecule has 0 fully saturated rings. The van der Waals surface area contributed by atoms with Crippen molar-refractivity contribution in [2.75, 3.05) is 26.9 Å². The van der Waals surface area contributed by atoms with Crippen LogP contribution in [-0.4, -0.2) is 38.9 Å². The molecule has 2 aromatic rings. The highest BCUT2D eigenvalue weighted by molar-refractivity contribution is 5.98. The van der Waals surface area contributed by atoms with E-state index in [1.54, 1.807) is 57.4 Å². The van der Waals surface area contributed by atoms with Crippen molar-refractivity contribution in [3.05, 3.63) is 59.2 Å². The first-order valence-corrected chi connectivity index (χ1v) is 10.7. The fraction of sp³-hybridized carbons (Fsp3) is 0.269. The number of hydrogen-bond donors (Lipinski definition) is 0. The number of ether oxygens (including phenoxy) is 5. The molecule has 0 saturated heterocycles. The first-order chi connectivity index (χ1) is 16.4. The van der Waals surface area contributed by atoms with E-state index in [-0.39, 0.29) is 17.9 Å². The monoisotopic (exact) mass is 465 g/mol. The standard InChI is InChI=1S/C26H27NO7/c1-5-31-21-11-8-18(15-23(21)30-4)10-13-25(28)34-22-12-9-19(16-24(22)32-6-2)14-20(17-27)26(29)33-7-3/h8-16H,5-7H2,1-4H3/b13-10+,20-14+. The van der Waals surface area contributed by atoms with Crippen molar-refractivity contribution in [3.8, 4) is 29.1 Å². The van der Waals surface area contributed by atoms with Crippen molar-refractivity contribution in [1.82, 2.24) is 0 Å². The van der Waals surface area contributed by atoms with E-state index >= 15 is 0 Å². The van der Waals surface area contributed by atoms with Gasteiger partial charge in [0.1, 0.15) is 11.6 Å². The van der Waals surface area contributed by atoms with E-state index in [0.717, 1.165) is 5.56 Å². The van der Waals surface area contributed by atoms with Crippen LogP contribution in [0.4, 0.5) is 0 Å². The van der Waals surface area contributed by atoms with E-state index < -0.39 is 11.9 Å². The van der Waals surface area contributed by atoms with Crippen LogP contribution in [0, 0.1) is 11.3 Å². The Balaban J connectivity index is 2.20. The average molecular weight is 466 g/mol. The molecule has 0 aromatic heterocycles. The highest BCUT2D eigenvalue weighted by Crippen LogP contribution is 2.30. The van der Waals surface area contributed by atoms with Gasteiger partial charge in [-0.25, -0.2) is 9.59 Å². The van der Waals surface area contributed by atoms with E-state index in [9.17, 15) is 14.9 Å². The predicted octanol–water partition coefficient (Wildman–Crippen LogP) is 4.58. The molecular formula is C26H27NO7. The van der Waals surface area contributed by atoms with E-state index in [1.165, 1.54) is 18.2 Å². The van der Waals surface area contributed by atoms with Gasteiger partial charge in [-0.3, -0.25) is 0 Å². The first-order valence-electron chi connectivity index (χ1n) is 10.7. The third-order valence-electron chi connectivity index (χ3n) is 4.30. The average Bonchev–Trinajstić information content (AvgIpc) is 2.83. The molecule has 8 nitrogen and oxygen atoms in total. The number of carbonyl (C=O) groups is 2. The third kappa shape index (κ3) is 7.41. The van der Waals surface area contributed by atoms with Gasteiger partial charge in [0.05, 0.1) is 26.9 Å². The number of carbonyl (C=O) groups excluding carboxylic acids is 2. The lowest BCUT2D eigenvalue weighted by atomic mass is 10.1. The van der Waals surface area contributed by atoms with Crippen LogP contribution in [0.3, 0.4) is 0 Å². The van der Waals surface area contributed by atoms with Gasteiger partial charge in [-0.1, -0.05) is 12.1 Å². The lowest BCUT2D eigenvalue weighted by Gasteiger charge is -2.11. The largest absolute Gasteiger partial charge is 0.493 e. The summed E-state index contributed by atoms with van der Waals surface area (Å²) >= 11 is 0. The number of benzene rings is 2. The van der Waals surface area contributed by atoms with Crippen molar-refractivity contribution in [1.29, 1.82) is 5.26 Å². The Morgan fingerprint density at radius 1 is 0.882 bits per heavy atom. The minimum absolute atomic E-state index is 0.150. The van der Waals surface area contributed by atoms with Crippen molar-refractivity contribution in [2.45, 2.75) is 20.8 Å². The number of nitrogens with zero attached hydrogens (tertiary/aromatic N) is 1. The molecule has 0 radical (unpaired) electrons. The molecule has 34 heavy (non-hydrogen) atoms. The molecule has 2 aromatic carbocycles. The SMILES string of the molecule is CCOC(=O)/C(C#N)=C/c1ccc(OC(=O)/C=C/c2ccc(OCC)c(OC)c2)c(OCC)c1. The molecular weight excluding hydrogens is 438 g/mol. The maximum Gasteiger partial charge on any atom is 0.348 e. The van der Waals surface area contributed by atoms with Crippen molar-refractivity contribution >= 4 is 24.1 Å². The molecule has 0 amide bonds. The van der Waals surface area contributed by atoms with E-state index in [0.29, 0.717) is 36.0 Å². The summed E-state index contributed by atoms with van der Waals surface area (Å²) in [6, 6.07) is 11.8. The summed E-state index contributed by atoms with van der Waals surface area (Å²) < 4.78 is 26.7. The van der Waals surface area contributed by atoms with Crippen LogP contribution < -0.4 is 18.9 Å². The molecule has 0 heterocycles. The van der Waals surface area contributed by atoms with Crippen molar-refractivity contribution < 1.29 is 33.3 Å². The Morgan fingerprint density at radius 3 is 2.18 bits per heavy atom. The van der Waals surface area contributed by atoms with Gasteiger partial charge in [-0.05, 0) is 68.3 Å². The summed E-state index contributed by atoms with van der Waals surface area (Å²) in [5.74, 6) is 0.340. The zero-order valence-corrected chi connectivity index (χ0v) is 19.6. The van der Waals surface area contributed by atoms with E-state index in [1.807, 2.05) is 13.0 Å². The highest BCUT2D eigenvalue weighted by atomic mass is 16.6. The molecule has 0 N–H and O–H groups in total. The number of rotatable bonds is 11. The van der Waals surface area contributed by atoms with Crippen LogP contribution in [0.5, 0.6) is 23.0 Å². The predicted molar refractivity (Wildman–Crippen MR) is 127 cm³/mol. The fourth-order valence-electron chi connectivity index (χ4n) is 2.85. The minimum Gasteiger partial charge on any atom is -0.493 e. The quantitative estimate of drug-likeness (QED) is 0.206. The molecule has 0 aliphatic rings. The normalized spacial score (nSPS) is 11.0. The third-order valence-corrected chi connectivity index (χ3v) is 4.30. The molecule has 0 bridgehead atoms. The van der Waals surface area contributed by atoms with Gasteiger partial charge >= 0.3 is 11.9 Å². The zero-order chi connectivity index (χ0) is 24.9. The van der Waals surface area contributed by atoms with Gasteiger partial charge in [-0.15, -0.1) is 0 Å². The van der Waals surface area contributed by atoms with E-state index in [2.05, 4.69) is 0 Å². The number of esters is 2. The summed E-state index contributed by atoms with van der Waals surface area (Å²) in [6.45, 7) is 6.31. The molecule has 0 aliphatic heterocycles. The summed E-state index contributed by atoms with van der Waals surface area (Å²) in [4.78, 5) is 24.2. The van der Waals surface area contributed by atoms with Crippen molar-refractivity contribution in [3.63, 3.8) is 0 Å². The van der Waals surface area contributed by atoms with Gasteiger partial charge in [0.2, 0.25) is 0 Å². The van der Waals surface area contributed by atoms with Crippen LogP contribution in [0.25, 0.3) is 12.2 Å². The van der Waals surface area contributed by atoms with E-state index in [4.69, 9.17) is 23.7 Å². The second kappa shape index (κ2) is 13.3. The lowest BCUT2D eigenvalue weighted by Crippen LogP contribution is -2.07.